The smallest absolute Gasteiger partial charge is 0.136 e. The van der Waals surface area contributed by atoms with Crippen molar-refractivity contribution < 1.29 is 4.39 Å². The molecule has 0 radical (unpaired) electrons. The lowest BCUT2D eigenvalue weighted by atomic mass is 10.2. The maximum absolute atomic E-state index is 13.4. The van der Waals surface area contributed by atoms with Crippen LogP contribution in [0.4, 0.5) is 21.7 Å². The van der Waals surface area contributed by atoms with Crippen molar-refractivity contribution in [2.24, 2.45) is 0 Å². The van der Waals surface area contributed by atoms with Crippen LogP contribution in [-0.4, -0.2) is 17.0 Å². The van der Waals surface area contributed by atoms with Gasteiger partial charge in [0.2, 0.25) is 0 Å². The lowest BCUT2D eigenvalue weighted by Gasteiger charge is -2.10. The number of hydrogen-bond donors (Lipinski definition) is 2. The third-order valence-corrected chi connectivity index (χ3v) is 2.82. The molecule has 20 heavy (non-hydrogen) atoms. The molecule has 1 heterocycles. The van der Waals surface area contributed by atoms with E-state index in [4.69, 9.17) is 0 Å². The van der Waals surface area contributed by atoms with Crippen LogP contribution >= 0.6 is 0 Å². The highest BCUT2D eigenvalue weighted by molar-refractivity contribution is 5.60. The summed E-state index contributed by atoms with van der Waals surface area (Å²) in [7, 11) is 1.81. The third kappa shape index (κ3) is 3.66. The van der Waals surface area contributed by atoms with Crippen LogP contribution in [0.3, 0.4) is 0 Å². The number of hydrogen-bond acceptors (Lipinski definition) is 4. The van der Waals surface area contributed by atoms with Crippen molar-refractivity contribution in [3.8, 4) is 0 Å². The molecule has 5 heteroatoms. The molecule has 0 aliphatic rings. The quantitative estimate of drug-likeness (QED) is 0.873. The molecule has 4 nitrogen and oxygen atoms in total. The molecule has 0 saturated heterocycles. The highest BCUT2D eigenvalue weighted by atomic mass is 19.1. The first-order valence-electron chi connectivity index (χ1n) is 6.70. The molecule has 0 amide bonds. The number of rotatable bonds is 5. The molecule has 1 aromatic carbocycles. The average molecular weight is 274 g/mol. The van der Waals surface area contributed by atoms with E-state index in [1.807, 2.05) is 20.0 Å². The molecule has 2 aromatic rings. The second kappa shape index (κ2) is 6.32. The number of halogens is 1. The summed E-state index contributed by atoms with van der Waals surface area (Å²) in [5.74, 6) is 1.93. The van der Waals surface area contributed by atoms with Gasteiger partial charge >= 0.3 is 0 Å². The number of aryl methyl sites for hydroxylation is 2. The fraction of sp³-hybridized carbons (Fsp3) is 0.333. The summed E-state index contributed by atoms with van der Waals surface area (Å²) in [6, 6.07) is 6.63. The largest absolute Gasteiger partial charge is 0.373 e. The molecule has 1 aromatic heterocycles. The van der Waals surface area contributed by atoms with E-state index in [1.165, 1.54) is 12.1 Å². The topological polar surface area (TPSA) is 49.8 Å². The fourth-order valence-corrected chi connectivity index (χ4v) is 1.98. The van der Waals surface area contributed by atoms with Crippen LogP contribution in [-0.2, 0) is 6.42 Å². The van der Waals surface area contributed by atoms with Crippen LogP contribution in [0.25, 0.3) is 0 Å². The predicted molar refractivity (Wildman–Crippen MR) is 80.0 cm³/mol. The van der Waals surface area contributed by atoms with Gasteiger partial charge in [0, 0.05) is 25.2 Å². The summed E-state index contributed by atoms with van der Waals surface area (Å²) in [5.41, 5.74) is 1.55. The summed E-state index contributed by atoms with van der Waals surface area (Å²) in [6.45, 7) is 3.94. The Balaban J connectivity index is 2.29. The van der Waals surface area contributed by atoms with E-state index >= 15 is 0 Å². The highest BCUT2D eigenvalue weighted by Gasteiger charge is 2.05. The molecule has 0 saturated carbocycles. The monoisotopic (exact) mass is 274 g/mol. The second-order valence-electron chi connectivity index (χ2n) is 4.70. The van der Waals surface area contributed by atoms with Gasteiger partial charge in [0.1, 0.15) is 23.3 Å². The molecule has 2 N–H and O–H groups in total. The van der Waals surface area contributed by atoms with E-state index in [0.29, 0.717) is 11.5 Å². The molecule has 0 unspecified atom stereocenters. The van der Waals surface area contributed by atoms with Crippen LogP contribution in [0.5, 0.6) is 0 Å². The SMILES string of the molecule is CCCc1nc(NC)cc(Nc2cc(C)cc(F)c2)n1. The zero-order valence-corrected chi connectivity index (χ0v) is 12.0. The molecule has 0 fully saturated rings. The van der Waals surface area contributed by atoms with E-state index in [1.54, 1.807) is 6.07 Å². The predicted octanol–water partition coefficient (Wildman–Crippen LogP) is 3.66. The molecular weight excluding hydrogens is 255 g/mol. The van der Waals surface area contributed by atoms with Crippen molar-refractivity contribution in [2.45, 2.75) is 26.7 Å². The van der Waals surface area contributed by atoms with Gasteiger partial charge in [0.25, 0.3) is 0 Å². The normalized spacial score (nSPS) is 10.4. The van der Waals surface area contributed by atoms with E-state index in [0.717, 1.165) is 30.0 Å². The van der Waals surface area contributed by atoms with Gasteiger partial charge in [0.15, 0.2) is 0 Å². The molecule has 106 valence electrons. The molecule has 2 rings (SSSR count). The van der Waals surface area contributed by atoms with Crippen LogP contribution in [0.15, 0.2) is 24.3 Å². The van der Waals surface area contributed by atoms with Gasteiger partial charge in [-0.1, -0.05) is 6.92 Å². The third-order valence-electron chi connectivity index (χ3n) is 2.82. The van der Waals surface area contributed by atoms with Crippen molar-refractivity contribution in [1.29, 1.82) is 0 Å². The Bertz CT molecular complexity index is 578. The van der Waals surface area contributed by atoms with Gasteiger partial charge in [-0.15, -0.1) is 0 Å². The van der Waals surface area contributed by atoms with Gasteiger partial charge in [0.05, 0.1) is 0 Å². The Hall–Kier alpha value is -2.17. The molecule has 0 aliphatic carbocycles. The molecule has 0 spiro atoms. The summed E-state index contributed by atoms with van der Waals surface area (Å²) < 4.78 is 13.4. The summed E-state index contributed by atoms with van der Waals surface area (Å²) >= 11 is 0. The Morgan fingerprint density at radius 1 is 1.10 bits per heavy atom. The van der Waals surface area contributed by atoms with Crippen molar-refractivity contribution >= 4 is 17.3 Å². The van der Waals surface area contributed by atoms with Crippen LogP contribution in [0, 0.1) is 12.7 Å². The first-order valence-corrected chi connectivity index (χ1v) is 6.70. The molecule has 0 aliphatic heterocycles. The molecule has 0 atom stereocenters. The van der Waals surface area contributed by atoms with Crippen LogP contribution < -0.4 is 10.6 Å². The van der Waals surface area contributed by atoms with Crippen molar-refractivity contribution in [2.75, 3.05) is 17.7 Å². The zero-order valence-electron chi connectivity index (χ0n) is 12.0. The van der Waals surface area contributed by atoms with Crippen LogP contribution in [0.2, 0.25) is 0 Å². The van der Waals surface area contributed by atoms with Gasteiger partial charge in [-0.3, -0.25) is 0 Å². The van der Waals surface area contributed by atoms with Crippen molar-refractivity contribution in [3.05, 3.63) is 41.5 Å². The summed E-state index contributed by atoms with van der Waals surface area (Å²) in [5, 5.41) is 6.14. The van der Waals surface area contributed by atoms with E-state index in [-0.39, 0.29) is 5.82 Å². The van der Waals surface area contributed by atoms with E-state index in [2.05, 4.69) is 27.5 Å². The maximum atomic E-state index is 13.4. The van der Waals surface area contributed by atoms with E-state index < -0.39 is 0 Å². The Labute approximate surface area is 118 Å². The highest BCUT2D eigenvalue weighted by Crippen LogP contribution is 2.20. The lowest BCUT2D eigenvalue weighted by Crippen LogP contribution is -2.04. The van der Waals surface area contributed by atoms with Crippen LogP contribution in [0.1, 0.15) is 24.7 Å². The van der Waals surface area contributed by atoms with Gasteiger partial charge in [-0.2, -0.15) is 0 Å². The average Bonchev–Trinajstić information content (AvgIpc) is 2.37. The lowest BCUT2D eigenvalue weighted by molar-refractivity contribution is 0.627. The first kappa shape index (κ1) is 14.2. The van der Waals surface area contributed by atoms with Crippen molar-refractivity contribution in [1.82, 2.24) is 9.97 Å². The number of aromatic nitrogens is 2. The van der Waals surface area contributed by atoms with Gasteiger partial charge in [-0.05, 0) is 37.1 Å². The van der Waals surface area contributed by atoms with E-state index in [9.17, 15) is 4.39 Å². The second-order valence-corrected chi connectivity index (χ2v) is 4.70. The zero-order chi connectivity index (χ0) is 14.5. The minimum Gasteiger partial charge on any atom is -0.373 e. The number of benzene rings is 1. The summed E-state index contributed by atoms with van der Waals surface area (Å²) in [6.07, 6.45) is 1.79. The number of nitrogens with one attached hydrogen (secondary N) is 2. The minimum atomic E-state index is -0.260. The fourth-order valence-electron chi connectivity index (χ4n) is 1.98. The molecule has 0 bridgehead atoms. The Morgan fingerprint density at radius 2 is 1.85 bits per heavy atom. The van der Waals surface area contributed by atoms with Crippen molar-refractivity contribution in [3.63, 3.8) is 0 Å². The number of nitrogens with zero attached hydrogens (tertiary/aromatic N) is 2. The minimum absolute atomic E-state index is 0.260. The standard InChI is InChI=1S/C15H19FN4/c1-4-5-13-19-14(17-3)9-15(20-13)18-12-7-10(2)6-11(16)8-12/h6-9H,4-5H2,1-3H3,(H2,17,18,19,20). The summed E-state index contributed by atoms with van der Waals surface area (Å²) in [4.78, 5) is 8.82. The number of anilines is 3. The molecular formula is C15H19FN4. The van der Waals surface area contributed by atoms with Gasteiger partial charge < -0.3 is 10.6 Å². The maximum Gasteiger partial charge on any atom is 0.136 e. The first-order chi connectivity index (χ1) is 9.60. The van der Waals surface area contributed by atoms with Gasteiger partial charge in [-0.25, -0.2) is 14.4 Å². The Kier molecular flexibility index (Phi) is 4.50. The Morgan fingerprint density at radius 3 is 2.50 bits per heavy atom.